The van der Waals surface area contributed by atoms with Crippen molar-refractivity contribution in [1.82, 2.24) is 0 Å². The number of hydrogen-bond donors (Lipinski definition) is 1. The number of aliphatic hydroxyl groups is 1. The summed E-state index contributed by atoms with van der Waals surface area (Å²) in [7, 11) is -1.55. The van der Waals surface area contributed by atoms with Gasteiger partial charge in [0.15, 0.2) is 8.32 Å². The van der Waals surface area contributed by atoms with E-state index in [0.717, 1.165) is 19.4 Å². The van der Waals surface area contributed by atoms with Gasteiger partial charge < -0.3 is 9.53 Å². The van der Waals surface area contributed by atoms with Gasteiger partial charge in [-0.05, 0) is 36.9 Å². The molecule has 3 heteroatoms. The standard InChI is InChI=1S/C11H24O2Si/c1-11(2,3)14(4,5)13-8-9-6-10(12)7-9/h9-10,12H,6-8H2,1-5H3. The maximum atomic E-state index is 9.16. The topological polar surface area (TPSA) is 29.5 Å². The molecule has 0 aliphatic heterocycles. The summed E-state index contributed by atoms with van der Waals surface area (Å²) >= 11 is 0. The van der Waals surface area contributed by atoms with Gasteiger partial charge in [-0.25, -0.2) is 0 Å². The lowest BCUT2D eigenvalue weighted by molar-refractivity contribution is 0.0175. The minimum Gasteiger partial charge on any atom is -0.417 e. The van der Waals surface area contributed by atoms with Gasteiger partial charge in [0.05, 0.1) is 6.10 Å². The second-order valence-corrected chi connectivity index (χ2v) is 10.9. The zero-order valence-electron chi connectivity index (χ0n) is 10.1. The van der Waals surface area contributed by atoms with E-state index in [1.807, 2.05) is 0 Å². The molecule has 1 saturated carbocycles. The Balaban J connectivity index is 2.30. The molecule has 2 nitrogen and oxygen atoms in total. The second kappa shape index (κ2) is 3.95. The largest absolute Gasteiger partial charge is 0.417 e. The fraction of sp³-hybridized carbons (Fsp3) is 1.00. The summed E-state index contributed by atoms with van der Waals surface area (Å²) in [5.41, 5.74) is 0. The minimum atomic E-state index is -1.55. The van der Waals surface area contributed by atoms with E-state index in [9.17, 15) is 0 Å². The predicted molar refractivity (Wildman–Crippen MR) is 61.9 cm³/mol. The van der Waals surface area contributed by atoms with Crippen molar-refractivity contribution < 1.29 is 9.53 Å². The number of aliphatic hydroxyl groups excluding tert-OH is 1. The van der Waals surface area contributed by atoms with Crippen LogP contribution in [0.1, 0.15) is 33.6 Å². The highest BCUT2D eigenvalue weighted by Crippen LogP contribution is 2.38. The van der Waals surface area contributed by atoms with Crippen molar-refractivity contribution in [3.05, 3.63) is 0 Å². The van der Waals surface area contributed by atoms with Gasteiger partial charge in [-0.1, -0.05) is 20.8 Å². The lowest BCUT2D eigenvalue weighted by Gasteiger charge is -2.39. The quantitative estimate of drug-likeness (QED) is 0.735. The van der Waals surface area contributed by atoms with Crippen molar-refractivity contribution in [2.24, 2.45) is 5.92 Å². The summed E-state index contributed by atoms with van der Waals surface area (Å²) in [6.07, 6.45) is 1.83. The molecule has 0 aromatic heterocycles. The van der Waals surface area contributed by atoms with E-state index in [1.165, 1.54) is 0 Å². The highest BCUT2D eigenvalue weighted by atomic mass is 28.4. The van der Waals surface area contributed by atoms with Crippen LogP contribution in [-0.2, 0) is 4.43 Å². The molecule has 84 valence electrons. The molecule has 1 rings (SSSR count). The van der Waals surface area contributed by atoms with Crippen LogP contribution >= 0.6 is 0 Å². The lowest BCUT2D eigenvalue weighted by Crippen LogP contribution is -2.43. The van der Waals surface area contributed by atoms with E-state index in [1.54, 1.807) is 0 Å². The molecule has 0 aromatic carbocycles. The summed E-state index contributed by atoms with van der Waals surface area (Å²) < 4.78 is 6.07. The van der Waals surface area contributed by atoms with E-state index >= 15 is 0 Å². The van der Waals surface area contributed by atoms with Crippen molar-refractivity contribution in [3.8, 4) is 0 Å². The van der Waals surface area contributed by atoms with Crippen molar-refractivity contribution in [1.29, 1.82) is 0 Å². The van der Waals surface area contributed by atoms with E-state index in [0.29, 0.717) is 11.0 Å². The monoisotopic (exact) mass is 216 g/mol. The van der Waals surface area contributed by atoms with Crippen LogP contribution in [0, 0.1) is 5.92 Å². The second-order valence-electron chi connectivity index (χ2n) is 6.06. The SMILES string of the molecule is CC(C)(C)[Si](C)(C)OCC1CC(O)C1. The van der Waals surface area contributed by atoms with Gasteiger partial charge in [-0.2, -0.15) is 0 Å². The Morgan fingerprint density at radius 1 is 1.29 bits per heavy atom. The van der Waals surface area contributed by atoms with Gasteiger partial charge in [0, 0.05) is 6.61 Å². The maximum Gasteiger partial charge on any atom is 0.191 e. The fourth-order valence-electron chi connectivity index (χ4n) is 1.38. The Bertz CT molecular complexity index is 190. The number of hydrogen-bond acceptors (Lipinski definition) is 2. The van der Waals surface area contributed by atoms with Gasteiger partial charge in [0.1, 0.15) is 0 Å². The molecule has 0 heterocycles. The average molecular weight is 216 g/mol. The molecule has 0 unspecified atom stereocenters. The van der Waals surface area contributed by atoms with Crippen molar-refractivity contribution >= 4 is 8.32 Å². The van der Waals surface area contributed by atoms with Crippen LogP contribution < -0.4 is 0 Å². The normalized spacial score (nSPS) is 28.7. The summed E-state index contributed by atoms with van der Waals surface area (Å²) in [5.74, 6) is 0.610. The van der Waals surface area contributed by atoms with E-state index in [2.05, 4.69) is 33.9 Å². The Hall–Kier alpha value is 0.137. The molecular weight excluding hydrogens is 192 g/mol. The van der Waals surface area contributed by atoms with Crippen LogP contribution in [-0.4, -0.2) is 26.1 Å². The molecule has 0 amide bonds. The zero-order valence-corrected chi connectivity index (χ0v) is 11.1. The first-order valence-electron chi connectivity index (χ1n) is 5.54. The maximum absolute atomic E-state index is 9.16. The highest BCUT2D eigenvalue weighted by molar-refractivity contribution is 6.74. The van der Waals surface area contributed by atoms with Gasteiger partial charge in [0.2, 0.25) is 0 Å². The summed E-state index contributed by atoms with van der Waals surface area (Å²) in [6, 6.07) is 0. The lowest BCUT2D eigenvalue weighted by atomic mass is 9.83. The van der Waals surface area contributed by atoms with Crippen LogP contribution in [0.3, 0.4) is 0 Å². The van der Waals surface area contributed by atoms with E-state index in [-0.39, 0.29) is 6.10 Å². The highest BCUT2D eigenvalue weighted by Gasteiger charge is 2.38. The van der Waals surface area contributed by atoms with Gasteiger partial charge in [0.25, 0.3) is 0 Å². The van der Waals surface area contributed by atoms with Crippen LogP contribution in [0.4, 0.5) is 0 Å². The summed E-state index contributed by atoms with van der Waals surface area (Å²) in [5, 5.41) is 9.46. The van der Waals surface area contributed by atoms with Gasteiger partial charge in [-0.3, -0.25) is 0 Å². The Morgan fingerprint density at radius 3 is 2.14 bits per heavy atom. The molecule has 0 saturated heterocycles. The van der Waals surface area contributed by atoms with E-state index in [4.69, 9.17) is 9.53 Å². The first-order chi connectivity index (χ1) is 6.22. The molecule has 0 spiro atoms. The minimum absolute atomic E-state index is 0.0528. The van der Waals surface area contributed by atoms with Crippen LogP contribution in [0.5, 0.6) is 0 Å². The molecule has 1 aliphatic rings. The van der Waals surface area contributed by atoms with Crippen LogP contribution in [0.2, 0.25) is 18.1 Å². The Morgan fingerprint density at radius 2 is 1.79 bits per heavy atom. The zero-order chi connectivity index (χ0) is 11.0. The third-order valence-electron chi connectivity index (χ3n) is 3.70. The Kier molecular flexibility index (Phi) is 3.44. The third-order valence-corrected chi connectivity index (χ3v) is 8.20. The molecule has 0 aromatic rings. The first-order valence-corrected chi connectivity index (χ1v) is 8.45. The predicted octanol–water partition coefficient (Wildman–Crippen LogP) is 2.78. The van der Waals surface area contributed by atoms with Gasteiger partial charge >= 0.3 is 0 Å². The van der Waals surface area contributed by atoms with Crippen LogP contribution in [0.25, 0.3) is 0 Å². The molecule has 0 bridgehead atoms. The van der Waals surface area contributed by atoms with Gasteiger partial charge in [-0.15, -0.1) is 0 Å². The molecule has 14 heavy (non-hydrogen) atoms. The third kappa shape index (κ3) is 2.81. The molecule has 0 atom stereocenters. The fourth-order valence-corrected chi connectivity index (χ4v) is 2.46. The summed E-state index contributed by atoms with van der Waals surface area (Å²) in [4.78, 5) is 0. The molecule has 0 radical (unpaired) electrons. The molecular formula is C11H24O2Si. The van der Waals surface area contributed by atoms with Crippen molar-refractivity contribution in [2.45, 2.75) is 57.8 Å². The first kappa shape index (κ1) is 12.2. The van der Waals surface area contributed by atoms with Crippen molar-refractivity contribution in [3.63, 3.8) is 0 Å². The smallest absolute Gasteiger partial charge is 0.191 e. The van der Waals surface area contributed by atoms with E-state index < -0.39 is 8.32 Å². The van der Waals surface area contributed by atoms with Crippen molar-refractivity contribution in [2.75, 3.05) is 6.61 Å². The number of rotatable bonds is 3. The molecule has 1 fully saturated rings. The molecule has 1 aliphatic carbocycles. The average Bonchev–Trinajstić information content (AvgIpc) is 1.93. The van der Waals surface area contributed by atoms with Crippen LogP contribution in [0.15, 0.2) is 0 Å². The Labute approximate surface area is 88.8 Å². The summed E-state index contributed by atoms with van der Waals surface area (Å²) in [6.45, 7) is 12.2. The molecule has 1 N–H and O–H groups in total.